The molecule has 1 radical (unpaired) electrons. The van der Waals surface area contributed by atoms with E-state index in [2.05, 4.69) is 11.4 Å². The van der Waals surface area contributed by atoms with Crippen LogP contribution in [0, 0.1) is 0 Å². The third kappa shape index (κ3) is 0.824. The molecule has 49 valence electrons. The van der Waals surface area contributed by atoms with Crippen LogP contribution in [0.5, 0.6) is 0 Å². The SMILES string of the molecule is [C]1=NC2CCCCC2O1. The van der Waals surface area contributed by atoms with Crippen LogP contribution in [0.1, 0.15) is 25.7 Å². The van der Waals surface area contributed by atoms with Gasteiger partial charge in [-0.1, -0.05) is 6.42 Å². The van der Waals surface area contributed by atoms with E-state index >= 15 is 0 Å². The standard InChI is InChI=1S/C7H10NO/c1-2-4-7-6(3-1)8-5-9-7/h6-7H,1-4H2. The zero-order valence-corrected chi connectivity index (χ0v) is 5.34. The van der Waals surface area contributed by atoms with Gasteiger partial charge in [0.2, 0.25) is 0 Å². The van der Waals surface area contributed by atoms with Gasteiger partial charge in [0, 0.05) is 0 Å². The highest BCUT2D eigenvalue weighted by Crippen LogP contribution is 2.25. The number of hydrogen-bond donors (Lipinski definition) is 0. The van der Waals surface area contributed by atoms with Crippen LogP contribution in [0.25, 0.3) is 0 Å². The lowest BCUT2D eigenvalue weighted by Gasteiger charge is -2.21. The number of fused-ring (bicyclic) bond motifs is 1. The summed E-state index contributed by atoms with van der Waals surface area (Å²) in [4.78, 5) is 4.09. The minimum Gasteiger partial charge on any atom is -0.468 e. The smallest absolute Gasteiger partial charge is 0.273 e. The van der Waals surface area contributed by atoms with Crippen molar-refractivity contribution in [2.45, 2.75) is 37.8 Å². The zero-order valence-electron chi connectivity index (χ0n) is 5.34. The topological polar surface area (TPSA) is 21.6 Å². The molecule has 1 fully saturated rings. The first-order valence-corrected chi connectivity index (χ1v) is 3.57. The van der Waals surface area contributed by atoms with E-state index < -0.39 is 0 Å². The quantitative estimate of drug-likeness (QED) is 0.476. The van der Waals surface area contributed by atoms with Crippen molar-refractivity contribution in [1.82, 2.24) is 0 Å². The molecular formula is C7H10NO. The van der Waals surface area contributed by atoms with Crippen LogP contribution in [-0.2, 0) is 4.74 Å². The molecule has 0 amide bonds. The molecule has 1 heterocycles. The summed E-state index contributed by atoms with van der Waals surface area (Å²) >= 11 is 0. The first kappa shape index (κ1) is 5.27. The molecule has 2 rings (SSSR count). The summed E-state index contributed by atoms with van der Waals surface area (Å²) in [5, 5.41) is 0. The molecule has 9 heavy (non-hydrogen) atoms. The van der Waals surface area contributed by atoms with Gasteiger partial charge in [-0.05, 0) is 19.3 Å². The van der Waals surface area contributed by atoms with Crippen molar-refractivity contribution in [2.75, 3.05) is 0 Å². The molecule has 1 aliphatic heterocycles. The highest BCUT2D eigenvalue weighted by atomic mass is 16.5. The van der Waals surface area contributed by atoms with Gasteiger partial charge in [0.05, 0.1) is 6.04 Å². The fraction of sp³-hybridized carbons (Fsp3) is 0.857. The first-order chi connectivity index (χ1) is 4.47. The Kier molecular flexibility index (Phi) is 1.18. The number of hydrogen-bond acceptors (Lipinski definition) is 2. The molecule has 0 aromatic heterocycles. The third-order valence-corrected chi connectivity index (χ3v) is 2.09. The first-order valence-electron chi connectivity index (χ1n) is 3.57. The predicted molar refractivity (Wildman–Crippen MR) is 34.6 cm³/mol. The maximum absolute atomic E-state index is 5.14. The molecule has 2 aliphatic rings. The monoisotopic (exact) mass is 124 g/mol. The van der Waals surface area contributed by atoms with E-state index in [0.717, 1.165) is 0 Å². The summed E-state index contributed by atoms with van der Waals surface area (Å²) in [7, 11) is 0. The molecule has 2 unspecified atom stereocenters. The summed E-state index contributed by atoms with van der Waals surface area (Å²) in [6.45, 7) is 0. The van der Waals surface area contributed by atoms with Crippen LogP contribution < -0.4 is 0 Å². The summed E-state index contributed by atoms with van der Waals surface area (Å²) < 4.78 is 5.14. The normalized spacial score (nSPS) is 40.0. The summed E-state index contributed by atoms with van der Waals surface area (Å²) in [5.74, 6) is 0. The van der Waals surface area contributed by atoms with E-state index in [1.54, 1.807) is 0 Å². The molecule has 0 bridgehead atoms. The maximum Gasteiger partial charge on any atom is 0.273 e. The number of aliphatic imine (C=N–C) groups is 1. The Morgan fingerprint density at radius 3 is 3.11 bits per heavy atom. The minimum absolute atomic E-state index is 0.388. The molecule has 0 aromatic carbocycles. The van der Waals surface area contributed by atoms with E-state index in [-0.39, 0.29) is 0 Å². The predicted octanol–water partition coefficient (Wildman–Crippen LogP) is 1.23. The molecule has 0 spiro atoms. The second-order valence-electron chi connectivity index (χ2n) is 2.73. The van der Waals surface area contributed by atoms with E-state index in [9.17, 15) is 0 Å². The Bertz CT molecular complexity index is 133. The fourth-order valence-corrected chi connectivity index (χ4v) is 1.53. The Morgan fingerprint density at radius 2 is 2.22 bits per heavy atom. The summed E-state index contributed by atoms with van der Waals surface area (Å²) in [5.41, 5.74) is 0. The van der Waals surface area contributed by atoms with Gasteiger partial charge >= 0.3 is 0 Å². The molecule has 2 atom stereocenters. The fourth-order valence-electron chi connectivity index (χ4n) is 1.53. The summed E-state index contributed by atoms with van der Waals surface area (Å²) in [6, 6.07) is 0.457. The van der Waals surface area contributed by atoms with E-state index in [1.807, 2.05) is 0 Å². The van der Waals surface area contributed by atoms with Crippen molar-refractivity contribution in [2.24, 2.45) is 4.99 Å². The maximum atomic E-state index is 5.14. The number of rotatable bonds is 0. The highest BCUT2D eigenvalue weighted by Gasteiger charge is 2.28. The Hall–Kier alpha value is -0.530. The van der Waals surface area contributed by atoms with Crippen LogP contribution in [-0.4, -0.2) is 18.5 Å². The van der Waals surface area contributed by atoms with Crippen molar-refractivity contribution < 1.29 is 4.74 Å². The average molecular weight is 124 g/mol. The van der Waals surface area contributed by atoms with Crippen LogP contribution >= 0.6 is 0 Å². The zero-order chi connectivity index (χ0) is 6.10. The second-order valence-corrected chi connectivity index (χ2v) is 2.73. The Balaban J connectivity index is 2.03. The van der Waals surface area contributed by atoms with Gasteiger partial charge in [-0.3, -0.25) is 0 Å². The van der Waals surface area contributed by atoms with Crippen molar-refractivity contribution in [1.29, 1.82) is 0 Å². The molecular weight excluding hydrogens is 114 g/mol. The van der Waals surface area contributed by atoms with Gasteiger partial charge in [-0.15, -0.1) is 0 Å². The van der Waals surface area contributed by atoms with Crippen LogP contribution in [0.2, 0.25) is 0 Å². The largest absolute Gasteiger partial charge is 0.468 e. The lowest BCUT2D eigenvalue weighted by molar-refractivity contribution is 0.159. The van der Waals surface area contributed by atoms with Crippen molar-refractivity contribution >= 4 is 6.40 Å². The van der Waals surface area contributed by atoms with Crippen LogP contribution in [0.15, 0.2) is 4.99 Å². The number of nitrogens with zero attached hydrogens (tertiary/aromatic N) is 1. The molecule has 2 nitrogen and oxygen atoms in total. The minimum atomic E-state index is 0.388. The lowest BCUT2D eigenvalue weighted by atomic mass is 9.94. The van der Waals surface area contributed by atoms with Gasteiger partial charge in [0.25, 0.3) is 6.40 Å². The average Bonchev–Trinajstić information content (AvgIpc) is 2.33. The third-order valence-electron chi connectivity index (χ3n) is 2.09. The van der Waals surface area contributed by atoms with Gasteiger partial charge in [0.15, 0.2) is 0 Å². The van der Waals surface area contributed by atoms with Crippen molar-refractivity contribution in [3.05, 3.63) is 0 Å². The molecule has 1 aliphatic carbocycles. The van der Waals surface area contributed by atoms with Crippen molar-refractivity contribution in [3.8, 4) is 0 Å². The van der Waals surface area contributed by atoms with Gasteiger partial charge in [-0.25, -0.2) is 4.99 Å². The molecule has 1 saturated carbocycles. The molecule has 0 N–H and O–H groups in total. The van der Waals surface area contributed by atoms with E-state index in [0.29, 0.717) is 12.1 Å². The second kappa shape index (κ2) is 2.01. The van der Waals surface area contributed by atoms with E-state index in [1.165, 1.54) is 25.7 Å². The van der Waals surface area contributed by atoms with Crippen molar-refractivity contribution in [3.63, 3.8) is 0 Å². The van der Waals surface area contributed by atoms with Gasteiger partial charge in [0.1, 0.15) is 6.10 Å². The Labute approximate surface area is 54.9 Å². The van der Waals surface area contributed by atoms with Gasteiger partial charge < -0.3 is 4.74 Å². The van der Waals surface area contributed by atoms with Crippen LogP contribution in [0.4, 0.5) is 0 Å². The lowest BCUT2D eigenvalue weighted by Crippen LogP contribution is -2.25. The highest BCUT2D eigenvalue weighted by molar-refractivity contribution is 5.50. The number of ether oxygens (including phenoxy) is 1. The Morgan fingerprint density at radius 1 is 1.33 bits per heavy atom. The summed E-state index contributed by atoms with van der Waals surface area (Å²) in [6.07, 6.45) is 7.98. The van der Waals surface area contributed by atoms with Gasteiger partial charge in [-0.2, -0.15) is 0 Å². The van der Waals surface area contributed by atoms with E-state index in [4.69, 9.17) is 4.74 Å². The molecule has 0 saturated heterocycles. The van der Waals surface area contributed by atoms with Crippen LogP contribution in [0.3, 0.4) is 0 Å². The molecule has 2 heteroatoms. The molecule has 0 aromatic rings.